The molecule has 0 spiro atoms. The summed E-state index contributed by atoms with van der Waals surface area (Å²) in [6, 6.07) is 6.47. The Labute approximate surface area is 102 Å². The molecule has 0 radical (unpaired) electrons. The summed E-state index contributed by atoms with van der Waals surface area (Å²) >= 11 is 5.89. The molecule has 88 valence electrons. The second-order valence-electron chi connectivity index (χ2n) is 4.61. The summed E-state index contributed by atoms with van der Waals surface area (Å²) in [7, 11) is 0. The van der Waals surface area contributed by atoms with E-state index in [-0.39, 0.29) is 6.10 Å². The molecule has 0 aliphatic heterocycles. The van der Waals surface area contributed by atoms with Crippen LogP contribution in [0.5, 0.6) is 0 Å². The van der Waals surface area contributed by atoms with Crippen LogP contribution in [0.1, 0.15) is 24.0 Å². The molecule has 1 atom stereocenters. The van der Waals surface area contributed by atoms with Crippen LogP contribution in [-0.2, 0) is 6.42 Å². The zero-order valence-corrected chi connectivity index (χ0v) is 10.3. The number of nitrogens with one attached hydrogen (secondary N) is 1. The SMILES string of the molecule is Cc1cc(Cl)ccc1CC(O)CNC1CC1. The minimum absolute atomic E-state index is 0.305. The van der Waals surface area contributed by atoms with E-state index in [0.29, 0.717) is 19.0 Å². The van der Waals surface area contributed by atoms with Crippen LogP contribution >= 0.6 is 11.6 Å². The molecule has 16 heavy (non-hydrogen) atoms. The first-order valence-electron chi connectivity index (χ1n) is 5.81. The Morgan fingerprint density at radius 1 is 1.50 bits per heavy atom. The van der Waals surface area contributed by atoms with Crippen molar-refractivity contribution in [3.8, 4) is 0 Å². The van der Waals surface area contributed by atoms with Gasteiger partial charge in [-0.25, -0.2) is 0 Å². The van der Waals surface area contributed by atoms with Crippen LogP contribution in [0.25, 0.3) is 0 Å². The Balaban J connectivity index is 1.86. The van der Waals surface area contributed by atoms with E-state index in [1.54, 1.807) is 0 Å². The van der Waals surface area contributed by atoms with Crippen LogP contribution < -0.4 is 5.32 Å². The van der Waals surface area contributed by atoms with Gasteiger partial charge in [0.25, 0.3) is 0 Å². The fraction of sp³-hybridized carbons (Fsp3) is 0.538. The standard InChI is InChI=1S/C13H18ClNO/c1-9-6-11(14)3-2-10(9)7-13(16)8-15-12-4-5-12/h2-3,6,12-13,15-16H,4-5,7-8H2,1H3. The molecule has 3 heteroatoms. The lowest BCUT2D eigenvalue weighted by molar-refractivity contribution is 0.171. The van der Waals surface area contributed by atoms with Crippen molar-refractivity contribution in [2.24, 2.45) is 0 Å². The second kappa shape index (κ2) is 5.17. The Hall–Kier alpha value is -0.570. The van der Waals surface area contributed by atoms with E-state index in [2.05, 4.69) is 5.32 Å². The molecule has 1 aliphatic carbocycles. The summed E-state index contributed by atoms with van der Waals surface area (Å²) in [6.07, 6.45) is 2.91. The van der Waals surface area contributed by atoms with Crippen LogP contribution in [0.15, 0.2) is 18.2 Å². The second-order valence-corrected chi connectivity index (χ2v) is 5.05. The zero-order valence-electron chi connectivity index (χ0n) is 9.54. The summed E-state index contributed by atoms with van der Waals surface area (Å²) in [5.41, 5.74) is 2.33. The summed E-state index contributed by atoms with van der Waals surface area (Å²) in [5, 5.41) is 14.0. The van der Waals surface area contributed by atoms with Gasteiger partial charge in [0.1, 0.15) is 0 Å². The van der Waals surface area contributed by atoms with Crippen molar-refractivity contribution in [3.05, 3.63) is 34.3 Å². The quantitative estimate of drug-likeness (QED) is 0.827. The zero-order chi connectivity index (χ0) is 11.5. The predicted octanol–water partition coefficient (Wildman–Crippen LogP) is 2.30. The fourth-order valence-corrected chi connectivity index (χ4v) is 2.03. The number of halogens is 1. The number of rotatable bonds is 5. The van der Waals surface area contributed by atoms with Gasteiger partial charge in [-0.15, -0.1) is 0 Å². The van der Waals surface area contributed by atoms with Crippen molar-refractivity contribution in [1.29, 1.82) is 0 Å². The number of benzene rings is 1. The molecule has 1 fully saturated rings. The monoisotopic (exact) mass is 239 g/mol. The maximum Gasteiger partial charge on any atom is 0.0705 e. The van der Waals surface area contributed by atoms with Gasteiger partial charge in [-0.2, -0.15) is 0 Å². The lowest BCUT2D eigenvalue weighted by Gasteiger charge is -2.13. The first kappa shape index (κ1) is 11.9. The summed E-state index contributed by atoms with van der Waals surface area (Å²) in [5.74, 6) is 0. The third kappa shape index (κ3) is 3.48. The topological polar surface area (TPSA) is 32.3 Å². The van der Waals surface area contributed by atoms with Crippen molar-refractivity contribution in [2.45, 2.75) is 38.3 Å². The molecule has 0 saturated heterocycles. The van der Waals surface area contributed by atoms with E-state index in [1.165, 1.54) is 18.4 Å². The molecular weight excluding hydrogens is 222 g/mol. The number of aliphatic hydroxyl groups excluding tert-OH is 1. The summed E-state index contributed by atoms with van der Waals surface area (Å²) in [4.78, 5) is 0. The molecule has 1 saturated carbocycles. The number of aryl methyl sites for hydroxylation is 1. The highest BCUT2D eigenvalue weighted by Crippen LogP contribution is 2.19. The van der Waals surface area contributed by atoms with Crippen molar-refractivity contribution in [2.75, 3.05) is 6.54 Å². The summed E-state index contributed by atoms with van der Waals surface area (Å²) < 4.78 is 0. The molecule has 1 aromatic rings. The maximum atomic E-state index is 9.88. The molecule has 2 nitrogen and oxygen atoms in total. The van der Waals surface area contributed by atoms with Gasteiger partial charge in [0.15, 0.2) is 0 Å². The Morgan fingerprint density at radius 3 is 2.88 bits per heavy atom. The molecule has 1 aliphatic rings. The van der Waals surface area contributed by atoms with E-state index >= 15 is 0 Å². The van der Waals surface area contributed by atoms with Gasteiger partial charge in [-0.3, -0.25) is 0 Å². The third-order valence-corrected chi connectivity index (χ3v) is 3.21. The Bertz CT molecular complexity index is 363. The minimum Gasteiger partial charge on any atom is -0.391 e. The number of aliphatic hydroxyl groups is 1. The lowest BCUT2D eigenvalue weighted by atomic mass is 10.0. The van der Waals surface area contributed by atoms with E-state index in [4.69, 9.17) is 11.6 Å². The molecular formula is C13H18ClNO. The van der Waals surface area contributed by atoms with E-state index < -0.39 is 0 Å². The van der Waals surface area contributed by atoms with Crippen LogP contribution in [-0.4, -0.2) is 23.8 Å². The van der Waals surface area contributed by atoms with Crippen LogP contribution in [0, 0.1) is 6.92 Å². The fourth-order valence-electron chi connectivity index (χ4n) is 1.80. The Morgan fingerprint density at radius 2 is 2.25 bits per heavy atom. The van der Waals surface area contributed by atoms with Crippen molar-refractivity contribution >= 4 is 11.6 Å². The minimum atomic E-state index is -0.305. The molecule has 1 aromatic carbocycles. The van der Waals surface area contributed by atoms with E-state index in [9.17, 15) is 5.11 Å². The average Bonchev–Trinajstić information content (AvgIpc) is 3.03. The first-order chi connectivity index (χ1) is 7.65. The van der Waals surface area contributed by atoms with Gasteiger partial charge in [-0.1, -0.05) is 17.7 Å². The van der Waals surface area contributed by atoms with Crippen LogP contribution in [0.2, 0.25) is 5.02 Å². The van der Waals surface area contributed by atoms with Gasteiger partial charge < -0.3 is 10.4 Å². The lowest BCUT2D eigenvalue weighted by Crippen LogP contribution is -2.29. The van der Waals surface area contributed by atoms with Gasteiger partial charge in [-0.05, 0) is 49.4 Å². The largest absolute Gasteiger partial charge is 0.391 e. The van der Waals surface area contributed by atoms with Gasteiger partial charge >= 0.3 is 0 Å². The van der Waals surface area contributed by atoms with Gasteiger partial charge in [0.05, 0.1) is 6.10 Å². The van der Waals surface area contributed by atoms with Crippen molar-refractivity contribution < 1.29 is 5.11 Å². The average molecular weight is 240 g/mol. The van der Waals surface area contributed by atoms with E-state index in [1.807, 2.05) is 25.1 Å². The van der Waals surface area contributed by atoms with E-state index in [0.717, 1.165) is 10.6 Å². The molecule has 1 unspecified atom stereocenters. The molecule has 0 heterocycles. The highest BCUT2D eigenvalue weighted by molar-refractivity contribution is 6.30. The molecule has 2 rings (SSSR count). The highest BCUT2D eigenvalue weighted by Gasteiger charge is 2.21. The highest BCUT2D eigenvalue weighted by atomic mass is 35.5. The third-order valence-electron chi connectivity index (χ3n) is 2.98. The van der Waals surface area contributed by atoms with Gasteiger partial charge in [0.2, 0.25) is 0 Å². The molecule has 2 N–H and O–H groups in total. The number of hydrogen-bond donors (Lipinski definition) is 2. The smallest absolute Gasteiger partial charge is 0.0705 e. The van der Waals surface area contributed by atoms with Crippen molar-refractivity contribution in [1.82, 2.24) is 5.32 Å². The summed E-state index contributed by atoms with van der Waals surface area (Å²) in [6.45, 7) is 2.72. The number of hydrogen-bond acceptors (Lipinski definition) is 2. The molecule has 0 aromatic heterocycles. The normalized spacial score (nSPS) is 17.4. The Kier molecular flexibility index (Phi) is 3.85. The maximum absolute atomic E-state index is 9.88. The van der Waals surface area contributed by atoms with Crippen LogP contribution in [0.3, 0.4) is 0 Å². The van der Waals surface area contributed by atoms with Gasteiger partial charge in [0, 0.05) is 17.6 Å². The predicted molar refractivity (Wildman–Crippen MR) is 66.9 cm³/mol. The van der Waals surface area contributed by atoms with Crippen LogP contribution in [0.4, 0.5) is 0 Å². The first-order valence-corrected chi connectivity index (χ1v) is 6.19. The molecule has 0 amide bonds. The van der Waals surface area contributed by atoms with Crippen molar-refractivity contribution in [3.63, 3.8) is 0 Å². The molecule has 0 bridgehead atoms.